The minimum Gasteiger partial charge on any atom is -0.372 e. The van der Waals surface area contributed by atoms with Crippen molar-refractivity contribution < 1.29 is 4.74 Å². The van der Waals surface area contributed by atoms with Crippen LogP contribution in [0.2, 0.25) is 5.02 Å². The SMILES string of the molecule is CNCc1ccc(Cl)cc1-c1ccc2c(c1)COC2. The molecule has 0 aliphatic carbocycles. The van der Waals surface area contributed by atoms with Gasteiger partial charge in [0.05, 0.1) is 13.2 Å². The second-order valence-electron chi connectivity index (χ2n) is 4.81. The summed E-state index contributed by atoms with van der Waals surface area (Å²) >= 11 is 6.14. The Kier molecular flexibility index (Phi) is 3.56. The van der Waals surface area contributed by atoms with Gasteiger partial charge < -0.3 is 10.1 Å². The molecule has 0 amide bonds. The molecule has 1 heterocycles. The molecule has 0 unspecified atom stereocenters. The summed E-state index contributed by atoms with van der Waals surface area (Å²) < 4.78 is 5.47. The average Bonchev–Trinajstić information content (AvgIpc) is 2.88. The second-order valence-corrected chi connectivity index (χ2v) is 5.24. The van der Waals surface area contributed by atoms with E-state index in [2.05, 4.69) is 29.6 Å². The number of fused-ring (bicyclic) bond motifs is 1. The Labute approximate surface area is 118 Å². The van der Waals surface area contributed by atoms with Crippen LogP contribution >= 0.6 is 11.6 Å². The third-order valence-corrected chi connectivity index (χ3v) is 3.71. The molecule has 1 aliphatic heterocycles. The molecule has 2 aromatic rings. The van der Waals surface area contributed by atoms with Crippen LogP contribution in [0.5, 0.6) is 0 Å². The lowest BCUT2D eigenvalue weighted by atomic mass is 9.96. The van der Waals surface area contributed by atoms with Gasteiger partial charge in [-0.05, 0) is 53.1 Å². The number of rotatable bonds is 3. The van der Waals surface area contributed by atoms with Gasteiger partial charge in [-0.1, -0.05) is 29.8 Å². The summed E-state index contributed by atoms with van der Waals surface area (Å²) in [7, 11) is 1.95. The molecule has 0 saturated carbocycles. The molecule has 1 N–H and O–H groups in total. The van der Waals surface area contributed by atoms with Crippen LogP contribution in [0.15, 0.2) is 36.4 Å². The van der Waals surface area contributed by atoms with Gasteiger partial charge in [-0.2, -0.15) is 0 Å². The largest absolute Gasteiger partial charge is 0.372 e. The van der Waals surface area contributed by atoms with Crippen molar-refractivity contribution in [3.63, 3.8) is 0 Å². The van der Waals surface area contributed by atoms with Crippen LogP contribution in [0.4, 0.5) is 0 Å². The summed E-state index contributed by atoms with van der Waals surface area (Å²) in [6, 6.07) is 12.6. The Bertz CT molecular complexity index is 610. The number of benzene rings is 2. The van der Waals surface area contributed by atoms with Gasteiger partial charge in [-0.25, -0.2) is 0 Å². The van der Waals surface area contributed by atoms with Crippen LogP contribution in [-0.4, -0.2) is 7.05 Å². The van der Waals surface area contributed by atoms with Gasteiger partial charge in [0.25, 0.3) is 0 Å². The van der Waals surface area contributed by atoms with E-state index in [4.69, 9.17) is 16.3 Å². The summed E-state index contributed by atoms with van der Waals surface area (Å²) in [5, 5.41) is 3.97. The quantitative estimate of drug-likeness (QED) is 0.919. The third kappa shape index (κ3) is 2.52. The molecule has 3 rings (SSSR count). The lowest BCUT2D eigenvalue weighted by molar-refractivity contribution is 0.134. The maximum atomic E-state index is 6.14. The van der Waals surface area contributed by atoms with Crippen LogP contribution in [0.3, 0.4) is 0 Å². The number of nitrogens with one attached hydrogen (secondary N) is 1. The van der Waals surface area contributed by atoms with Gasteiger partial charge in [0.15, 0.2) is 0 Å². The maximum absolute atomic E-state index is 6.14. The average molecular weight is 274 g/mol. The number of halogens is 1. The third-order valence-electron chi connectivity index (χ3n) is 3.47. The minimum absolute atomic E-state index is 0.713. The Morgan fingerprint density at radius 2 is 1.95 bits per heavy atom. The first kappa shape index (κ1) is 12.7. The van der Waals surface area contributed by atoms with E-state index in [0.717, 1.165) is 18.2 Å². The first-order valence-corrected chi connectivity index (χ1v) is 6.78. The summed E-state index contributed by atoms with van der Waals surface area (Å²) in [5.41, 5.74) is 6.23. The molecule has 2 aromatic carbocycles. The predicted molar refractivity (Wildman–Crippen MR) is 78.1 cm³/mol. The van der Waals surface area contributed by atoms with E-state index in [0.29, 0.717) is 6.61 Å². The minimum atomic E-state index is 0.713. The van der Waals surface area contributed by atoms with Gasteiger partial charge in [-0.3, -0.25) is 0 Å². The van der Waals surface area contributed by atoms with Crippen molar-refractivity contribution in [1.82, 2.24) is 5.32 Å². The fourth-order valence-corrected chi connectivity index (χ4v) is 2.67. The van der Waals surface area contributed by atoms with E-state index in [1.54, 1.807) is 0 Å². The standard InChI is InChI=1S/C16H16ClNO/c1-18-8-12-4-5-15(17)7-16(12)11-2-3-13-9-19-10-14(13)6-11/h2-7,18H,8-10H2,1H3. The van der Waals surface area contributed by atoms with Gasteiger partial charge in [0, 0.05) is 11.6 Å². The zero-order chi connectivity index (χ0) is 13.2. The van der Waals surface area contributed by atoms with Gasteiger partial charge in [0.1, 0.15) is 0 Å². The molecular weight excluding hydrogens is 258 g/mol. The first-order chi connectivity index (χ1) is 9.28. The normalized spacial score (nSPS) is 13.6. The number of hydrogen-bond donors (Lipinski definition) is 1. The molecular formula is C16H16ClNO. The van der Waals surface area contributed by atoms with E-state index >= 15 is 0 Å². The molecule has 3 heteroatoms. The van der Waals surface area contributed by atoms with Crippen LogP contribution in [0.1, 0.15) is 16.7 Å². The topological polar surface area (TPSA) is 21.3 Å². The molecule has 0 aromatic heterocycles. The monoisotopic (exact) mass is 273 g/mol. The van der Waals surface area contributed by atoms with Crippen molar-refractivity contribution in [3.05, 3.63) is 58.1 Å². The highest BCUT2D eigenvalue weighted by Crippen LogP contribution is 2.31. The Balaban J connectivity index is 2.07. The van der Waals surface area contributed by atoms with Crippen molar-refractivity contribution in [2.75, 3.05) is 7.05 Å². The van der Waals surface area contributed by atoms with Crippen molar-refractivity contribution >= 4 is 11.6 Å². The highest BCUT2D eigenvalue weighted by Gasteiger charge is 2.13. The van der Waals surface area contributed by atoms with E-state index < -0.39 is 0 Å². The summed E-state index contributed by atoms with van der Waals surface area (Å²) in [5.74, 6) is 0. The van der Waals surface area contributed by atoms with Gasteiger partial charge >= 0.3 is 0 Å². The van der Waals surface area contributed by atoms with E-state index in [-0.39, 0.29) is 0 Å². The molecule has 19 heavy (non-hydrogen) atoms. The lowest BCUT2D eigenvalue weighted by Crippen LogP contribution is -2.06. The number of ether oxygens (including phenoxy) is 1. The summed E-state index contributed by atoms with van der Waals surface area (Å²) in [6.07, 6.45) is 0. The maximum Gasteiger partial charge on any atom is 0.0725 e. The fraction of sp³-hybridized carbons (Fsp3) is 0.250. The Hall–Kier alpha value is -1.35. The predicted octanol–water partition coefficient (Wildman–Crippen LogP) is 3.76. The first-order valence-electron chi connectivity index (χ1n) is 6.41. The molecule has 1 aliphatic rings. The smallest absolute Gasteiger partial charge is 0.0725 e. The van der Waals surface area contributed by atoms with E-state index in [9.17, 15) is 0 Å². The molecule has 0 bridgehead atoms. The van der Waals surface area contributed by atoms with E-state index in [1.165, 1.54) is 27.8 Å². The zero-order valence-electron chi connectivity index (χ0n) is 10.9. The van der Waals surface area contributed by atoms with Crippen molar-refractivity contribution in [1.29, 1.82) is 0 Å². The molecule has 0 atom stereocenters. The highest BCUT2D eigenvalue weighted by atomic mass is 35.5. The van der Waals surface area contributed by atoms with E-state index in [1.807, 2.05) is 19.2 Å². The van der Waals surface area contributed by atoms with Crippen molar-refractivity contribution in [3.8, 4) is 11.1 Å². The second kappa shape index (κ2) is 5.33. The highest BCUT2D eigenvalue weighted by molar-refractivity contribution is 6.30. The summed E-state index contributed by atoms with van der Waals surface area (Å²) in [6.45, 7) is 2.28. The van der Waals surface area contributed by atoms with Crippen LogP contribution < -0.4 is 5.32 Å². The summed E-state index contributed by atoms with van der Waals surface area (Å²) in [4.78, 5) is 0. The van der Waals surface area contributed by atoms with Crippen LogP contribution in [-0.2, 0) is 24.5 Å². The zero-order valence-corrected chi connectivity index (χ0v) is 11.6. The van der Waals surface area contributed by atoms with Gasteiger partial charge in [0.2, 0.25) is 0 Å². The fourth-order valence-electron chi connectivity index (χ4n) is 2.50. The molecule has 98 valence electrons. The molecule has 0 saturated heterocycles. The Morgan fingerprint density at radius 1 is 1.11 bits per heavy atom. The number of hydrogen-bond acceptors (Lipinski definition) is 2. The van der Waals surface area contributed by atoms with Crippen molar-refractivity contribution in [2.45, 2.75) is 19.8 Å². The van der Waals surface area contributed by atoms with Crippen LogP contribution in [0, 0.1) is 0 Å². The van der Waals surface area contributed by atoms with Gasteiger partial charge in [-0.15, -0.1) is 0 Å². The lowest BCUT2D eigenvalue weighted by Gasteiger charge is -2.11. The molecule has 0 spiro atoms. The van der Waals surface area contributed by atoms with Crippen molar-refractivity contribution in [2.24, 2.45) is 0 Å². The molecule has 0 fully saturated rings. The molecule has 2 nitrogen and oxygen atoms in total. The Morgan fingerprint density at radius 3 is 2.79 bits per heavy atom. The van der Waals surface area contributed by atoms with Crippen LogP contribution in [0.25, 0.3) is 11.1 Å². The molecule has 0 radical (unpaired) electrons.